The van der Waals surface area contributed by atoms with Crippen molar-refractivity contribution in [3.8, 4) is 0 Å². The van der Waals surface area contributed by atoms with Gasteiger partial charge in [0.15, 0.2) is 0 Å². The second-order valence-corrected chi connectivity index (χ2v) is 7.97. The van der Waals surface area contributed by atoms with Crippen molar-refractivity contribution in [2.45, 2.75) is 71.0 Å². The highest BCUT2D eigenvalue weighted by Gasteiger charge is 2.46. The van der Waals surface area contributed by atoms with E-state index in [-0.39, 0.29) is 0 Å². The Hall–Kier alpha value is -0.860. The van der Waals surface area contributed by atoms with Crippen LogP contribution in [0, 0.1) is 17.3 Å². The molecule has 2 nitrogen and oxygen atoms in total. The predicted molar refractivity (Wildman–Crippen MR) is 90.4 cm³/mol. The molecule has 0 aromatic rings. The fourth-order valence-corrected chi connectivity index (χ4v) is 4.92. The molecule has 1 unspecified atom stereocenters. The number of aliphatic hydroxyl groups excluding tert-OH is 2. The third kappa shape index (κ3) is 2.72. The number of aliphatic hydroxyl groups is 2. The summed E-state index contributed by atoms with van der Waals surface area (Å²) in [5.74, 6) is 1.57. The first-order valence-electron chi connectivity index (χ1n) is 8.85. The summed E-state index contributed by atoms with van der Waals surface area (Å²) in [6, 6.07) is 0. The largest absolute Gasteiger partial charge is 0.388 e. The Morgan fingerprint density at radius 3 is 2.50 bits per heavy atom. The minimum Gasteiger partial charge on any atom is -0.388 e. The first-order chi connectivity index (χ1) is 10.4. The van der Waals surface area contributed by atoms with Crippen LogP contribution >= 0.6 is 0 Å². The maximum atomic E-state index is 9.96. The third-order valence-corrected chi connectivity index (χ3v) is 6.74. The van der Waals surface area contributed by atoms with E-state index in [0.717, 1.165) is 17.4 Å². The van der Waals surface area contributed by atoms with Crippen molar-refractivity contribution in [3.05, 3.63) is 35.5 Å². The SMILES string of the molecule is C=C1[C@H](O)CC(=C/C=C2\CCC[C@@]3(C)C2CC[C@@H]3C)C[C@H]1O. The zero-order valence-electron chi connectivity index (χ0n) is 14.0. The predicted octanol–water partition coefficient (Wildman–Crippen LogP) is 4.15. The van der Waals surface area contributed by atoms with Crippen molar-refractivity contribution < 1.29 is 10.2 Å². The van der Waals surface area contributed by atoms with Gasteiger partial charge in [-0.15, -0.1) is 0 Å². The van der Waals surface area contributed by atoms with Gasteiger partial charge in [-0.25, -0.2) is 0 Å². The van der Waals surface area contributed by atoms with E-state index in [1.165, 1.54) is 32.1 Å². The van der Waals surface area contributed by atoms with Gasteiger partial charge in [0, 0.05) is 0 Å². The lowest BCUT2D eigenvalue weighted by Gasteiger charge is -2.41. The molecule has 0 aliphatic heterocycles. The Morgan fingerprint density at radius 2 is 1.82 bits per heavy atom. The van der Waals surface area contributed by atoms with Crippen molar-refractivity contribution in [1.82, 2.24) is 0 Å². The van der Waals surface area contributed by atoms with Gasteiger partial charge in [0.25, 0.3) is 0 Å². The summed E-state index contributed by atoms with van der Waals surface area (Å²) >= 11 is 0. The van der Waals surface area contributed by atoms with Crippen LogP contribution in [0.4, 0.5) is 0 Å². The van der Waals surface area contributed by atoms with E-state index in [2.05, 4.69) is 32.6 Å². The fourth-order valence-electron chi connectivity index (χ4n) is 4.92. The summed E-state index contributed by atoms with van der Waals surface area (Å²) in [5.41, 5.74) is 3.81. The zero-order valence-corrected chi connectivity index (χ0v) is 14.0. The Labute approximate surface area is 134 Å². The molecule has 0 aromatic carbocycles. The number of hydrogen-bond donors (Lipinski definition) is 2. The molecule has 3 rings (SSSR count). The van der Waals surface area contributed by atoms with E-state index in [0.29, 0.717) is 23.8 Å². The fraction of sp³-hybridized carbons (Fsp3) is 0.700. The van der Waals surface area contributed by atoms with Crippen LogP contribution in [0.15, 0.2) is 35.5 Å². The Morgan fingerprint density at radius 1 is 1.14 bits per heavy atom. The van der Waals surface area contributed by atoms with Crippen LogP contribution in [-0.2, 0) is 0 Å². The van der Waals surface area contributed by atoms with Gasteiger partial charge in [-0.3, -0.25) is 0 Å². The maximum Gasteiger partial charge on any atom is 0.0809 e. The number of allylic oxidation sites excluding steroid dienone is 3. The molecule has 0 radical (unpaired) electrons. The second-order valence-electron chi connectivity index (χ2n) is 7.97. The van der Waals surface area contributed by atoms with Crippen molar-refractivity contribution in [2.75, 3.05) is 0 Å². The van der Waals surface area contributed by atoms with Crippen molar-refractivity contribution in [1.29, 1.82) is 0 Å². The van der Waals surface area contributed by atoms with Gasteiger partial charge in [-0.2, -0.15) is 0 Å². The molecule has 3 saturated carbocycles. The van der Waals surface area contributed by atoms with Gasteiger partial charge in [0.2, 0.25) is 0 Å². The van der Waals surface area contributed by atoms with Gasteiger partial charge in [-0.1, -0.05) is 43.7 Å². The second kappa shape index (κ2) is 5.98. The lowest BCUT2D eigenvalue weighted by molar-refractivity contribution is 0.123. The molecule has 22 heavy (non-hydrogen) atoms. The Balaban J connectivity index is 1.78. The lowest BCUT2D eigenvalue weighted by Crippen LogP contribution is -2.32. The van der Waals surface area contributed by atoms with E-state index >= 15 is 0 Å². The molecule has 5 atom stereocenters. The first-order valence-corrected chi connectivity index (χ1v) is 8.85. The van der Waals surface area contributed by atoms with Gasteiger partial charge in [0.05, 0.1) is 12.2 Å². The average molecular weight is 302 g/mol. The summed E-state index contributed by atoms with van der Waals surface area (Å²) in [7, 11) is 0. The van der Waals surface area contributed by atoms with E-state index in [4.69, 9.17) is 0 Å². The maximum absolute atomic E-state index is 9.96. The highest BCUT2D eigenvalue weighted by molar-refractivity contribution is 5.29. The average Bonchev–Trinajstić information content (AvgIpc) is 2.78. The molecule has 122 valence electrons. The molecule has 0 heterocycles. The van der Waals surface area contributed by atoms with Crippen molar-refractivity contribution in [2.24, 2.45) is 17.3 Å². The van der Waals surface area contributed by atoms with E-state index < -0.39 is 12.2 Å². The molecule has 3 aliphatic rings. The smallest absolute Gasteiger partial charge is 0.0809 e. The van der Waals surface area contributed by atoms with E-state index in [9.17, 15) is 10.2 Å². The molecule has 0 aromatic heterocycles. The number of hydrogen-bond acceptors (Lipinski definition) is 2. The zero-order chi connectivity index (χ0) is 15.9. The van der Waals surface area contributed by atoms with Crippen LogP contribution in [0.1, 0.15) is 58.8 Å². The first kappa shape index (κ1) is 16.0. The summed E-state index contributed by atoms with van der Waals surface area (Å²) in [6.45, 7) is 8.68. The highest BCUT2D eigenvalue weighted by atomic mass is 16.3. The molecule has 0 spiro atoms. The normalized spacial score (nSPS) is 44.3. The van der Waals surface area contributed by atoms with Crippen LogP contribution in [0.5, 0.6) is 0 Å². The molecular weight excluding hydrogens is 272 g/mol. The summed E-state index contributed by atoms with van der Waals surface area (Å²) in [6.07, 6.45) is 11.1. The Kier molecular flexibility index (Phi) is 4.35. The summed E-state index contributed by atoms with van der Waals surface area (Å²) in [4.78, 5) is 0. The lowest BCUT2D eigenvalue weighted by atomic mass is 9.64. The standard InChI is InChI=1S/C20H30O2/c1-13-6-9-17-16(5-4-10-20(13,17)3)8-7-15-11-18(21)14(2)19(22)12-15/h7-8,13,17-19,21-22H,2,4-6,9-12H2,1,3H3/b16-8+/t13-,17?,18+,19+,20+/m0/s1. The van der Waals surface area contributed by atoms with E-state index in [1.807, 2.05) is 0 Å². The number of rotatable bonds is 1. The third-order valence-electron chi connectivity index (χ3n) is 6.74. The highest BCUT2D eigenvalue weighted by Crippen LogP contribution is 2.57. The van der Waals surface area contributed by atoms with Crippen LogP contribution in [0.3, 0.4) is 0 Å². The van der Waals surface area contributed by atoms with E-state index in [1.54, 1.807) is 5.57 Å². The van der Waals surface area contributed by atoms with Gasteiger partial charge in [-0.05, 0) is 67.8 Å². The molecule has 0 amide bonds. The van der Waals surface area contributed by atoms with Crippen molar-refractivity contribution >= 4 is 0 Å². The molecule has 0 bridgehead atoms. The summed E-state index contributed by atoms with van der Waals surface area (Å²) in [5, 5.41) is 19.9. The molecule has 3 fully saturated rings. The van der Waals surface area contributed by atoms with Crippen molar-refractivity contribution in [3.63, 3.8) is 0 Å². The Bertz CT molecular complexity index is 500. The van der Waals surface area contributed by atoms with Crippen LogP contribution in [0.25, 0.3) is 0 Å². The number of fused-ring (bicyclic) bond motifs is 1. The minimum absolute atomic E-state index is 0.489. The molecular formula is C20H30O2. The van der Waals surface area contributed by atoms with Crippen LogP contribution in [-0.4, -0.2) is 22.4 Å². The topological polar surface area (TPSA) is 40.5 Å². The molecule has 2 N–H and O–H groups in total. The molecule has 0 saturated heterocycles. The quantitative estimate of drug-likeness (QED) is 0.714. The van der Waals surface area contributed by atoms with Crippen LogP contribution in [0.2, 0.25) is 0 Å². The van der Waals surface area contributed by atoms with Crippen LogP contribution < -0.4 is 0 Å². The van der Waals surface area contributed by atoms with Gasteiger partial charge >= 0.3 is 0 Å². The van der Waals surface area contributed by atoms with Gasteiger partial charge < -0.3 is 10.2 Å². The summed E-state index contributed by atoms with van der Waals surface area (Å²) < 4.78 is 0. The molecule has 3 aliphatic carbocycles. The molecule has 2 heteroatoms. The minimum atomic E-state index is -0.587. The van der Waals surface area contributed by atoms with Gasteiger partial charge in [0.1, 0.15) is 0 Å². The monoisotopic (exact) mass is 302 g/mol.